The number of aromatic nitrogens is 2. The van der Waals surface area contributed by atoms with Crippen molar-refractivity contribution in [3.63, 3.8) is 0 Å². The third-order valence-electron chi connectivity index (χ3n) is 4.45. The number of anilines is 1. The Hall–Kier alpha value is -1.86. The zero-order valence-electron chi connectivity index (χ0n) is 15.9. The molecule has 27 heavy (non-hydrogen) atoms. The van der Waals surface area contributed by atoms with Crippen LogP contribution in [0.1, 0.15) is 31.0 Å². The number of aryl methyl sites for hydroxylation is 1. The Kier molecular flexibility index (Phi) is 7.29. The van der Waals surface area contributed by atoms with Crippen molar-refractivity contribution in [3.05, 3.63) is 39.4 Å². The predicted molar refractivity (Wildman–Crippen MR) is 114 cm³/mol. The molecule has 0 aromatic carbocycles. The molecule has 1 saturated heterocycles. The fraction of sp³-hybridized carbons (Fsp3) is 0.526. The molecule has 8 heteroatoms. The van der Waals surface area contributed by atoms with Gasteiger partial charge in [-0.15, -0.1) is 11.3 Å². The average molecular weight is 407 g/mol. The number of nitrogens with one attached hydrogen (secondary N) is 2. The van der Waals surface area contributed by atoms with Crippen molar-refractivity contribution in [1.82, 2.24) is 20.6 Å². The van der Waals surface area contributed by atoms with Gasteiger partial charge < -0.3 is 15.5 Å². The topological polar surface area (TPSA) is 65.4 Å². The van der Waals surface area contributed by atoms with Crippen LogP contribution in [0.4, 0.5) is 5.82 Å². The van der Waals surface area contributed by atoms with Gasteiger partial charge in [-0.2, -0.15) is 0 Å². The third-order valence-corrected chi connectivity index (χ3v) is 5.79. The zero-order chi connectivity index (χ0) is 19.1. The molecule has 0 aliphatic carbocycles. The summed E-state index contributed by atoms with van der Waals surface area (Å²) >= 11 is 8.01. The Morgan fingerprint density at radius 2 is 2.33 bits per heavy atom. The number of thiazole rings is 1. The van der Waals surface area contributed by atoms with Gasteiger partial charge in [0, 0.05) is 50.2 Å². The molecule has 146 valence electrons. The average Bonchev–Trinajstić information content (AvgIpc) is 3.32. The molecular formula is C19H27ClN6S. The number of halogens is 1. The Balaban J connectivity index is 1.54. The minimum Gasteiger partial charge on any atom is -0.357 e. The first-order valence-electron chi connectivity index (χ1n) is 9.53. The van der Waals surface area contributed by atoms with E-state index in [2.05, 4.69) is 44.7 Å². The molecule has 2 N–H and O–H groups in total. The summed E-state index contributed by atoms with van der Waals surface area (Å²) in [6.07, 6.45) is 4.68. The minimum atomic E-state index is 0.326. The predicted octanol–water partition coefficient (Wildman–Crippen LogP) is 3.13. The van der Waals surface area contributed by atoms with E-state index in [1.165, 1.54) is 5.01 Å². The second-order valence-electron chi connectivity index (χ2n) is 6.48. The molecule has 1 aliphatic rings. The van der Waals surface area contributed by atoms with Crippen LogP contribution in [0.25, 0.3) is 0 Å². The quantitative estimate of drug-likeness (QED) is 0.546. The fourth-order valence-corrected chi connectivity index (χ4v) is 4.12. The normalized spacial score (nSPS) is 17.4. The summed E-state index contributed by atoms with van der Waals surface area (Å²) in [7, 11) is 0. The van der Waals surface area contributed by atoms with E-state index < -0.39 is 0 Å². The van der Waals surface area contributed by atoms with Crippen molar-refractivity contribution < 1.29 is 0 Å². The van der Waals surface area contributed by atoms with E-state index in [0.29, 0.717) is 11.1 Å². The highest BCUT2D eigenvalue weighted by molar-refractivity contribution is 7.09. The Morgan fingerprint density at radius 1 is 1.44 bits per heavy atom. The second kappa shape index (κ2) is 9.90. The van der Waals surface area contributed by atoms with E-state index in [1.54, 1.807) is 17.5 Å². The van der Waals surface area contributed by atoms with Crippen molar-refractivity contribution in [2.45, 2.75) is 39.2 Å². The van der Waals surface area contributed by atoms with Crippen molar-refractivity contribution >= 4 is 34.7 Å². The van der Waals surface area contributed by atoms with Crippen LogP contribution in [0.3, 0.4) is 0 Å². The van der Waals surface area contributed by atoms with E-state index in [0.717, 1.165) is 62.9 Å². The molecule has 3 heterocycles. The summed E-state index contributed by atoms with van der Waals surface area (Å²) in [6.45, 7) is 7.59. The van der Waals surface area contributed by atoms with Gasteiger partial charge in [0.1, 0.15) is 5.82 Å². The van der Waals surface area contributed by atoms with Crippen LogP contribution >= 0.6 is 22.9 Å². The maximum atomic E-state index is 6.28. The summed E-state index contributed by atoms with van der Waals surface area (Å²) in [6, 6.07) is 4.07. The van der Waals surface area contributed by atoms with E-state index in [4.69, 9.17) is 16.6 Å². The molecule has 1 atom stereocenters. The summed E-state index contributed by atoms with van der Waals surface area (Å²) < 4.78 is 0. The number of guanidine groups is 1. The first-order chi connectivity index (χ1) is 13.2. The molecule has 1 aliphatic heterocycles. The van der Waals surface area contributed by atoms with Gasteiger partial charge in [-0.1, -0.05) is 18.5 Å². The Bertz CT molecular complexity index is 762. The van der Waals surface area contributed by atoms with E-state index >= 15 is 0 Å². The van der Waals surface area contributed by atoms with Crippen LogP contribution in [-0.2, 0) is 12.8 Å². The molecule has 2 aromatic rings. The maximum Gasteiger partial charge on any atom is 0.191 e. The number of pyridine rings is 1. The highest BCUT2D eigenvalue weighted by Crippen LogP contribution is 2.25. The highest BCUT2D eigenvalue weighted by Gasteiger charge is 2.25. The standard InChI is InChI=1S/C19H27ClN6S/c1-3-17-24-15(13-27-17)7-10-23-19(21-4-2)25-14-8-11-26(12-14)18-16(20)6-5-9-22-18/h5-6,9,13-14H,3-4,7-8,10-12H2,1-2H3,(H2,21,23,25). The molecule has 2 aromatic heterocycles. The Morgan fingerprint density at radius 3 is 3.07 bits per heavy atom. The lowest BCUT2D eigenvalue weighted by molar-refractivity contribution is 0.648. The molecule has 0 amide bonds. The molecule has 0 spiro atoms. The third kappa shape index (κ3) is 5.56. The molecule has 1 unspecified atom stereocenters. The number of hydrogen-bond donors (Lipinski definition) is 2. The number of aliphatic imine (C=N–C) groups is 1. The van der Waals surface area contributed by atoms with Crippen LogP contribution in [-0.4, -0.2) is 48.1 Å². The lowest BCUT2D eigenvalue weighted by atomic mass is 10.3. The number of rotatable bonds is 7. The van der Waals surface area contributed by atoms with Gasteiger partial charge in [-0.25, -0.2) is 9.97 Å². The van der Waals surface area contributed by atoms with Crippen LogP contribution in [0.5, 0.6) is 0 Å². The SMILES string of the molecule is CCNC(=NCCc1csc(CC)n1)NC1CCN(c2ncccc2Cl)C1. The van der Waals surface area contributed by atoms with Gasteiger partial charge in [0.2, 0.25) is 0 Å². The van der Waals surface area contributed by atoms with Crippen LogP contribution in [0.2, 0.25) is 5.02 Å². The van der Waals surface area contributed by atoms with Gasteiger partial charge in [-0.05, 0) is 31.9 Å². The molecule has 0 bridgehead atoms. The molecule has 0 radical (unpaired) electrons. The summed E-state index contributed by atoms with van der Waals surface area (Å²) in [4.78, 5) is 16.0. The zero-order valence-corrected chi connectivity index (χ0v) is 17.5. The summed E-state index contributed by atoms with van der Waals surface area (Å²) in [5, 5.41) is 10.9. The first-order valence-corrected chi connectivity index (χ1v) is 10.8. The summed E-state index contributed by atoms with van der Waals surface area (Å²) in [5.41, 5.74) is 1.13. The first kappa shape index (κ1) is 19.9. The lowest BCUT2D eigenvalue weighted by Crippen LogP contribution is -2.44. The number of nitrogens with zero attached hydrogens (tertiary/aromatic N) is 4. The van der Waals surface area contributed by atoms with Gasteiger partial charge >= 0.3 is 0 Å². The van der Waals surface area contributed by atoms with Crippen molar-refractivity contribution in [2.75, 3.05) is 31.1 Å². The van der Waals surface area contributed by atoms with Crippen molar-refractivity contribution in [2.24, 2.45) is 4.99 Å². The van der Waals surface area contributed by atoms with Crippen LogP contribution in [0, 0.1) is 0 Å². The Labute approximate surface area is 170 Å². The number of hydrogen-bond acceptors (Lipinski definition) is 5. The molecular weight excluding hydrogens is 380 g/mol. The van der Waals surface area contributed by atoms with E-state index in [9.17, 15) is 0 Å². The monoisotopic (exact) mass is 406 g/mol. The molecule has 6 nitrogen and oxygen atoms in total. The largest absolute Gasteiger partial charge is 0.357 e. The van der Waals surface area contributed by atoms with Gasteiger partial charge in [0.05, 0.1) is 15.7 Å². The maximum absolute atomic E-state index is 6.28. The fourth-order valence-electron chi connectivity index (χ4n) is 3.10. The van der Waals surface area contributed by atoms with Gasteiger partial charge in [0.15, 0.2) is 5.96 Å². The smallest absolute Gasteiger partial charge is 0.191 e. The summed E-state index contributed by atoms with van der Waals surface area (Å²) in [5.74, 6) is 1.73. The minimum absolute atomic E-state index is 0.326. The lowest BCUT2D eigenvalue weighted by Gasteiger charge is -2.20. The van der Waals surface area contributed by atoms with Gasteiger partial charge in [-0.3, -0.25) is 4.99 Å². The van der Waals surface area contributed by atoms with Gasteiger partial charge in [0.25, 0.3) is 0 Å². The van der Waals surface area contributed by atoms with E-state index in [-0.39, 0.29) is 0 Å². The van der Waals surface area contributed by atoms with Crippen LogP contribution in [0.15, 0.2) is 28.7 Å². The molecule has 3 rings (SSSR count). The highest BCUT2D eigenvalue weighted by atomic mass is 35.5. The molecule has 0 saturated carbocycles. The van der Waals surface area contributed by atoms with Crippen LogP contribution < -0.4 is 15.5 Å². The second-order valence-corrected chi connectivity index (χ2v) is 7.83. The van der Waals surface area contributed by atoms with E-state index in [1.807, 2.05) is 12.1 Å². The van der Waals surface area contributed by atoms with Crippen molar-refractivity contribution in [3.8, 4) is 0 Å². The van der Waals surface area contributed by atoms with Crippen molar-refractivity contribution in [1.29, 1.82) is 0 Å². The molecule has 1 fully saturated rings.